The summed E-state index contributed by atoms with van der Waals surface area (Å²) in [5, 5.41) is 17.5. The zero-order valence-electron chi connectivity index (χ0n) is 17.1. The molecule has 0 radical (unpaired) electrons. The molecule has 0 saturated heterocycles. The van der Waals surface area contributed by atoms with Gasteiger partial charge in [0.2, 0.25) is 0 Å². The van der Waals surface area contributed by atoms with Gasteiger partial charge >= 0.3 is 0 Å². The normalized spacial score (nSPS) is 10.5. The van der Waals surface area contributed by atoms with E-state index in [1.54, 1.807) is 48.5 Å². The maximum atomic E-state index is 12.7. The molecule has 0 fully saturated rings. The molecule has 0 aliphatic rings. The highest BCUT2D eigenvalue weighted by Gasteiger charge is 2.20. The maximum Gasteiger partial charge on any atom is 0.292 e. The molecule has 1 heterocycles. The van der Waals surface area contributed by atoms with E-state index in [2.05, 4.69) is 15.6 Å². The number of hydrogen-bond acceptors (Lipinski definition) is 7. The lowest BCUT2D eigenvalue weighted by atomic mass is 10.1. The van der Waals surface area contributed by atoms with Crippen molar-refractivity contribution in [1.82, 2.24) is 15.2 Å². The number of aromatic nitrogens is 2. The van der Waals surface area contributed by atoms with Crippen molar-refractivity contribution in [3.8, 4) is 23.3 Å². The summed E-state index contributed by atoms with van der Waals surface area (Å²) in [6.07, 6.45) is 1.40. The summed E-state index contributed by atoms with van der Waals surface area (Å²) in [7, 11) is 3.01. The molecule has 3 rings (SSSR count). The number of amides is 1. The molecule has 0 spiro atoms. The number of nitrogens with zero attached hydrogens (tertiary/aromatic N) is 4. The van der Waals surface area contributed by atoms with Crippen LogP contribution in [0.5, 0.6) is 11.5 Å². The molecule has 31 heavy (non-hydrogen) atoms. The molecule has 0 atom stereocenters. The number of ether oxygens (including phenoxy) is 2. The number of methoxy groups -OCH3 is 2. The number of hydrazone groups is 1. The van der Waals surface area contributed by atoms with Crippen molar-refractivity contribution in [3.05, 3.63) is 81.3 Å². The molecule has 0 saturated carbocycles. The monoisotopic (exact) mass is 417 g/mol. The van der Waals surface area contributed by atoms with Gasteiger partial charge in [0.25, 0.3) is 11.5 Å². The lowest BCUT2D eigenvalue weighted by Crippen LogP contribution is -2.31. The average molecular weight is 417 g/mol. The third kappa shape index (κ3) is 4.28. The van der Waals surface area contributed by atoms with Crippen molar-refractivity contribution in [2.75, 3.05) is 14.2 Å². The second-order valence-corrected chi connectivity index (χ2v) is 6.29. The van der Waals surface area contributed by atoms with Crippen LogP contribution in [0.15, 0.2) is 58.4 Å². The maximum absolute atomic E-state index is 12.7. The zero-order valence-corrected chi connectivity index (χ0v) is 17.1. The average Bonchev–Trinajstić information content (AvgIpc) is 2.79. The smallest absolute Gasteiger partial charge is 0.292 e. The van der Waals surface area contributed by atoms with E-state index in [-0.39, 0.29) is 16.8 Å². The van der Waals surface area contributed by atoms with E-state index in [0.717, 1.165) is 4.68 Å². The second kappa shape index (κ2) is 9.37. The van der Waals surface area contributed by atoms with Crippen LogP contribution in [0.3, 0.4) is 0 Å². The minimum Gasteiger partial charge on any atom is -0.493 e. The Balaban J connectivity index is 1.95. The van der Waals surface area contributed by atoms with Crippen LogP contribution in [-0.4, -0.2) is 36.1 Å². The SMILES string of the molecule is COc1cccc(/C=N/NC(=O)c2nn(-c3ccccc3)c(=O)c(C#N)c2C)c1OC. The Hall–Kier alpha value is -4.45. The highest BCUT2D eigenvalue weighted by Crippen LogP contribution is 2.29. The number of nitrogens with one attached hydrogen (secondary N) is 1. The molecule has 0 unspecified atom stereocenters. The molecular formula is C22H19N5O4. The number of para-hydroxylation sites is 2. The molecule has 1 N–H and O–H groups in total. The van der Waals surface area contributed by atoms with Gasteiger partial charge in [-0.3, -0.25) is 9.59 Å². The highest BCUT2D eigenvalue weighted by atomic mass is 16.5. The molecule has 1 aromatic heterocycles. The van der Waals surface area contributed by atoms with Crippen LogP contribution in [0, 0.1) is 18.3 Å². The Morgan fingerprint density at radius 1 is 1.16 bits per heavy atom. The summed E-state index contributed by atoms with van der Waals surface area (Å²) < 4.78 is 11.6. The van der Waals surface area contributed by atoms with Crippen LogP contribution in [0.2, 0.25) is 0 Å². The molecule has 3 aromatic rings. The van der Waals surface area contributed by atoms with Crippen LogP contribution in [-0.2, 0) is 0 Å². The first-order valence-electron chi connectivity index (χ1n) is 9.15. The lowest BCUT2D eigenvalue weighted by Gasteiger charge is -2.11. The first-order chi connectivity index (χ1) is 15.0. The Labute approximate surface area is 178 Å². The summed E-state index contributed by atoms with van der Waals surface area (Å²) in [4.78, 5) is 25.3. The summed E-state index contributed by atoms with van der Waals surface area (Å²) in [5.41, 5.74) is 2.70. The van der Waals surface area contributed by atoms with E-state index in [4.69, 9.17) is 9.47 Å². The molecule has 9 nitrogen and oxygen atoms in total. The fraction of sp³-hybridized carbons (Fsp3) is 0.136. The van der Waals surface area contributed by atoms with Gasteiger partial charge in [0.1, 0.15) is 11.6 Å². The summed E-state index contributed by atoms with van der Waals surface area (Å²) >= 11 is 0. The molecule has 156 valence electrons. The first kappa shape index (κ1) is 21.3. The van der Waals surface area contributed by atoms with Crippen LogP contribution < -0.4 is 20.5 Å². The highest BCUT2D eigenvalue weighted by molar-refractivity contribution is 5.95. The quantitative estimate of drug-likeness (QED) is 0.485. The standard InChI is InChI=1S/C22H19N5O4/c1-14-17(12-23)22(29)27(16-9-5-4-6-10-16)26-19(14)21(28)25-24-13-15-8-7-11-18(30-2)20(15)31-3/h4-11,13H,1-3H3,(H,25,28)/b24-13+. The Kier molecular flexibility index (Phi) is 6.42. The van der Waals surface area contributed by atoms with Gasteiger partial charge in [-0.25, -0.2) is 5.43 Å². The molecule has 0 aliphatic heterocycles. The number of carbonyl (C=O) groups is 1. The molecule has 9 heteroatoms. The number of hydrogen-bond donors (Lipinski definition) is 1. The topological polar surface area (TPSA) is 119 Å². The number of nitriles is 1. The number of benzene rings is 2. The largest absolute Gasteiger partial charge is 0.493 e. The minimum atomic E-state index is -0.670. The van der Waals surface area contributed by atoms with E-state index >= 15 is 0 Å². The van der Waals surface area contributed by atoms with Gasteiger partial charge in [-0.1, -0.05) is 24.3 Å². The Morgan fingerprint density at radius 3 is 2.55 bits per heavy atom. The molecular weight excluding hydrogens is 398 g/mol. The van der Waals surface area contributed by atoms with Gasteiger partial charge in [0.15, 0.2) is 17.2 Å². The number of carbonyl (C=O) groups excluding carboxylic acids is 1. The van der Waals surface area contributed by atoms with Gasteiger partial charge in [-0.05, 0) is 31.2 Å². The van der Waals surface area contributed by atoms with Crippen molar-refractivity contribution in [2.45, 2.75) is 6.92 Å². The van der Waals surface area contributed by atoms with Gasteiger partial charge in [-0.2, -0.15) is 20.1 Å². The fourth-order valence-electron chi connectivity index (χ4n) is 2.92. The molecule has 0 bridgehead atoms. The summed E-state index contributed by atoms with van der Waals surface area (Å²) in [6.45, 7) is 1.49. The van der Waals surface area contributed by atoms with Gasteiger partial charge in [-0.15, -0.1) is 0 Å². The lowest BCUT2D eigenvalue weighted by molar-refractivity contribution is 0.0947. The van der Waals surface area contributed by atoms with E-state index in [1.807, 2.05) is 6.07 Å². The number of rotatable bonds is 6. The first-order valence-corrected chi connectivity index (χ1v) is 9.15. The van der Waals surface area contributed by atoms with E-state index < -0.39 is 11.5 Å². The van der Waals surface area contributed by atoms with E-state index in [1.165, 1.54) is 27.4 Å². The molecule has 0 aliphatic carbocycles. The second-order valence-electron chi connectivity index (χ2n) is 6.29. The summed E-state index contributed by atoms with van der Waals surface area (Å²) in [6, 6.07) is 15.6. The van der Waals surface area contributed by atoms with Gasteiger partial charge in [0.05, 0.1) is 26.1 Å². The zero-order chi connectivity index (χ0) is 22.4. The van der Waals surface area contributed by atoms with Crippen molar-refractivity contribution < 1.29 is 14.3 Å². The fourth-order valence-corrected chi connectivity index (χ4v) is 2.92. The minimum absolute atomic E-state index is 0.0882. The van der Waals surface area contributed by atoms with Crippen molar-refractivity contribution >= 4 is 12.1 Å². The van der Waals surface area contributed by atoms with Gasteiger partial charge in [0, 0.05) is 11.1 Å². The van der Waals surface area contributed by atoms with Crippen molar-refractivity contribution in [1.29, 1.82) is 5.26 Å². The van der Waals surface area contributed by atoms with Crippen LogP contribution >= 0.6 is 0 Å². The Bertz CT molecular complexity index is 1240. The van der Waals surface area contributed by atoms with Crippen LogP contribution in [0.25, 0.3) is 5.69 Å². The van der Waals surface area contributed by atoms with E-state index in [0.29, 0.717) is 22.7 Å². The molecule has 1 amide bonds. The van der Waals surface area contributed by atoms with Crippen molar-refractivity contribution in [2.24, 2.45) is 5.10 Å². The van der Waals surface area contributed by atoms with Crippen LogP contribution in [0.4, 0.5) is 0 Å². The predicted molar refractivity (Wildman–Crippen MR) is 114 cm³/mol. The molecule has 2 aromatic carbocycles. The third-order valence-corrected chi connectivity index (χ3v) is 4.47. The summed E-state index contributed by atoms with van der Waals surface area (Å²) in [5.74, 6) is 0.308. The predicted octanol–water partition coefficient (Wildman–Crippen LogP) is 2.19. The van der Waals surface area contributed by atoms with E-state index in [9.17, 15) is 14.9 Å². The van der Waals surface area contributed by atoms with Crippen molar-refractivity contribution in [3.63, 3.8) is 0 Å². The van der Waals surface area contributed by atoms with Gasteiger partial charge < -0.3 is 9.47 Å². The van der Waals surface area contributed by atoms with Crippen LogP contribution in [0.1, 0.15) is 27.2 Å². The Morgan fingerprint density at radius 2 is 1.90 bits per heavy atom. The third-order valence-electron chi connectivity index (χ3n) is 4.47.